The zero-order chi connectivity index (χ0) is 12.9. The molecule has 0 saturated carbocycles. The van der Waals surface area contributed by atoms with Crippen LogP contribution in [0.25, 0.3) is 0 Å². The van der Waals surface area contributed by atoms with E-state index < -0.39 is 0 Å². The van der Waals surface area contributed by atoms with E-state index in [9.17, 15) is 0 Å². The lowest BCUT2D eigenvalue weighted by molar-refractivity contribution is 0.248. The Balaban J connectivity index is -0.0000000655. The highest BCUT2D eigenvalue weighted by atomic mass is 79.9. The minimum Gasteiger partial charge on any atom is -0.396 e. The van der Waals surface area contributed by atoms with E-state index in [0.29, 0.717) is 37.6 Å². The van der Waals surface area contributed by atoms with Gasteiger partial charge in [0.2, 0.25) is 0 Å². The van der Waals surface area contributed by atoms with Crippen LogP contribution in [0, 0.1) is 17.8 Å². The van der Waals surface area contributed by atoms with Crippen molar-refractivity contribution in [2.75, 3.05) is 19.8 Å². The summed E-state index contributed by atoms with van der Waals surface area (Å²) in [6, 6.07) is 0. The van der Waals surface area contributed by atoms with Gasteiger partial charge in [0.25, 0.3) is 0 Å². The molecule has 0 heterocycles. The summed E-state index contributed by atoms with van der Waals surface area (Å²) in [6.45, 7) is 12.7. The molecule has 4 heteroatoms. The van der Waals surface area contributed by atoms with Crippen molar-refractivity contribution in [3.05, 3.63) is 0 Å². The van der Waals surface area contributed by atoms with Gasteiger partial charge in [-0.3, -0.25) is 0 Å². The van der Waals surface area contributed by atoms with Crippen molar-refractivity contribution in [3.63, 3.8) is 0 Å². The zero-order valence-corrected chi connectivity index (χ0v) is 13.3. The molecular weight excluding hydrogens is 272 g/mol. The lowest BCUT2D eigenvalue weighted by Gasteiger charge is -1.90. The molecule has 0 aromatic rings. The molecule has 0 aromatic carbocycles. The second kappa shape index (κ2) is 20.7. The monoisotopic (exact) mass is 302 g/mol. The highest BCUT2D eigenvalue weighted by Crippen LogP contribution is 1.84. The summed E-state index contributed by atoms with van der Waals surface area (Å²) in [4.78, 5) is 0. The number of rotatable bonds is 3. The molecule has 0 saturated heterocycles. The fourth-order valence-electron chi connectivity index (χ4n) is 0. The SMILES string of the molecule is Br.CC(C)CO.CC(C)CO.CC(C)CO. The first-order chi connectivity index (χ1) is 6.81. The second-order valence-electron chi connectivity index (χ2n) is 4.73. The van der Waals surface area contributed by atoms with Crippen LogP contribution in [0.5, 0.6) is 0 Å². The average Bonchev–Trinajstić information content (AvgIpc) is 2.19. The lowest BCUT2D eigenvalue weighted by atomic mass is 10.2. The van der Waals surface area contributed by atoms with E-state index >= 15 is 0 Å². The second-order valence-corrected chi connectivity index (χ2v) is 4.73. The quantitative estimate of drug-likeness (QED) is 0.750. The fraction of sp³-hybridized carbons (Fsp3) is 1.00. The molecule has 104 valence electrons. The molecule has 0 aliphatic carbocycles. The molecular formula is C12H31BrO3. The van der Waals surface area contributed by atoms with Crippen molar-refractivity contribution in [1.29, 1.82) is 0 Å². The largest absolute Gasteiger partial charge is 0.396 e. The van der Waals surface area contributed by atoms with Crippen molar-refractivity contribution in [1.82, 2.24) is 0 Å². The third-order valence-corrected chi connectivity index (χ3v) is 1.10. The summed E-state index contributed by atoms with van der Waals surface area (Å²) in [5.74, 6) is 1.32. The molecule has 0 radical (unpaired) electrons. The Morgan fingerprint density at radius 3 is 0.625 bits per heavy atom. The first kappa shape index (κ1) is 25.3. The van der Waals surface area contributed by atoms with Crippen LogP contribution in [0.3, 0.4) is 0 Å². The van der Waals surface area contributed by atoms with E-state index in [1.165, 1.54) is 0 Å². The predicted molar refractivity (Wildman–Crippen MR) is 76.1 cm³/mol. The van der Waals surface area contributed by atoms with Gasteiger partial charge in [0.1, 0.15) is 0 Å². The number of hydrogen-bond donors (Lipinski definition) is 3. The summed E-state index contributed by atoms with van der Waals surface area (Å²) >= 11 is 0. The van der Waals surface area contributed by atoms with Crippen molar-refractivity contribution >= 4 is 17.0 Å². The maximum absolute atomic E-state index is 8.14. The molecule has 0 aromatic heterocycles. The summed E-state index contributed by atoms with van der Waals surface area (Å²) in [5.41, 5.74) is 0. The van der Waals surface area contributed by atoms with E-state index in [4.69, 9.17) is 15.3 Å². The Bertz CT molecular complexity index is 77.2. The van der Waals surface area contributed by atoms with Gasteiger partial charge in [-0.2, -0.15) is 0 Å². The summed E-state index contributed by atoms with van der Waals surface area (Å²) < 4.78 is 0. The highest BCUT2D eigenvalue weighted by molar-refractivity contribution is 8.93. The number of aliphatic hydroxyl groups excluding tert-OH is 3. The van der Waals surface area contributed by atoms with Gasteiger partial charge >= 0.3 is 0 Å². The topological polar surface area (TPSA) is 60.7 Å². The van der Waals surface area contributed by atoms with Crippen LogP contribution in [-0.4, -0.2) is 35.1 Å². The number of aliphatic hydroxyl groups is 3. The summed E-state index contributed by atoms with van der Waals surface area (Å²) in [5, 5.41) is 24.4. The van der Waals surface area contributed by atoms with Crippen LogP contribution in [0.4, 0.5) is 0 Å². The van der Waals surface area contributed by atoms with Gasteiger partial charge in [0.05, 0.1) is 0 Å². The minimum atomic E-state index is 0. The average molecular weight is 303 g/mol. The molecule has 3 N–H and O–H groups in total. The van der Waals surface area contributed by atoms with Gasteiger partial charge in [-0.05, 0) is 17.8 Å². The van der Waals surface area contributed by atoms with E-state index in [1.807, 2.05) is 41.5 Å². The number of hydrogen-bond acceptors (Lipinski definition) is 3. The molecule has 0 spiro atoms. The van der Waals surface area contributed by atoms with Gasteiger partial charge < -0.3 is 15.3 Å². The zero-order valence-electron chi connectivity index (χ0n) is 11.6. The van der Waals surface area contributed by atoms with E-state index in [2.05, 4.69) is 0 Å². The maximum atomic E-state index is 8.14. The molecule has 0 amide bonds. The fourth-order valence-corrected chi connectivity index (χ4v) is 0. The third kappa shape index (κ3) is 63.4. The predicted octanol–water partition coefficient (Wildman–Crippen LogP) is 2.48. The normalized spacial score (nSPS) is 9.00. The molecule has 0 aliphatic rings. The minimum absolute atomic E-state index is 0. The van der Waals surface area contributed by atoms with Crippen LogP contribution in [-0.2, 0) is 0 Å². The van der Waals surface area contributed by atoms with Crippen LogP contribution < -0.4 is 0 Å². The van der Waals surface area contributed by atoms with Crippen LogP contribution in [0.15, 0.2) is 0 Å². The van der Waals surface area contributed by atoms with Crippen molar-refractivity contribution < 1.29 is 15.3 Å². The molecule has 0 aliphatic heterocycles. The first-order valence-corrected chi connectivity index (χ1v) is 5.64. The Morgan fingerprint density at radius 1 is 0.562 bits per heavy atom. The van der Waals surface area contributed by atoms with Crippen molar-refractivity contribution in [3.8, 4) is 0 Å². The van der Waals surface area contributed by atoms with Gasteiger partial charge in [-0.15, -0.1) is 17.0 Å². The molecule has 0 rings (SSSR count). The van der Waals surface area contributed by atoms with E-state index in [-0.39, 0.29) is 17.0 Å². The Labute approximate surface area is 112 Å². The van der Waals surface area contributed by atoms with Gasteiger partial charge in [-0.25, -0.2) is 0 Å². The first-order valence-electron chi connectivity index (χ1n) is 5.64. The van der Waals surface area contributed by atoms with Gasteiger partial charge in [0, 0.05) is 19.8 Å². The summed E-state index contributed by atoms with van der Waals surface area (Å²) in [7, 11) is 0. The molecule has 0 fully saturated rings. The maximum Gasteiger partial charge on any atom is 0.0453 e. The standard InChI is InChI=1S/3C4H10O.BrH/c3*1-4(2)3-5;/h3*4-5H,3H2,1-2H3;1H. The van der Waals surface area contributed by atoms with E-state index in [1.54, 1.807) is 0 Å². The number of halogens is 1. The highest BCUT2D eigenvalue weighted by Gasteiger charge is 1.82. The molecule has 0 bridgehead atoms. The lowest BCUT2D eigenvalue weighted by Crippen LogP contribution is -1.90. The smallest absolute Gasteiger partial charge is 0.0453 e. The van der Waals surface area contributed by atoms with Crippen LogP contribution >= 0.6 is 17.0 Å². The van der Waals surface area contributed by atoms with Crippen molar-refractivity contribution in [2.24, 2.45) is 17.8 Å². The van der Waals surface area contributed by atoms with Crippen LogP contribution in [0.1, 0.15) is 41.5 Å². The molecule has 0 atom stereocenters. The Hall–Kier alpha value is 0.360. The van der Waals surface area contributed by atoms with Crippen molar-refractivity contribution in [2.45, 2.75) is 41.5 Å². The van der Waals surface area contributed by atoms with E-state index in [0.717, 1.165) is 0 Å². The van der Waals surface area contributed by atoms with Gasteiger partial charge in [0.15, 0.2) is 0 Å². The van der Waals surface area contributed by atoms with Crippen LogP contribution in [0.2, 0.25) is 0 Å². The molecule has 0 unspecified atom stereocenters. The molecule has 3 nitrogen and oxygen atoms in total. The Kier molecular flexibility index (Phi) is 32.7. The van der Waals surface area contributed by atoms with Gasteiger partial charge in [-0.1, -0.05) is 41.5 Å². The third-order valence-electron chi connectivity index (χ3n) is 1.10. The summed E-state index contributed by atoms with van der Waals surface area (Å²) in [6.07, 6.45) is 0. The Morgan fingerprint density at radius 2 is 0.625 bits per heavy atom. The molecule has 16 heavy (non-hydrogen) atoms.